The van der Waals surface area contributed by atoms with Crippen LogP contribution in [-0.4, -0.2) is 22.1 Å². The van der Waals surface area contributed by atoms with E-state index in [-0.39, 0.29) is 11.9 Å². The van der Waals surface area contributed by atoms with Gasteiger partial charge >= 0.3 is 0 Å². The first-order valence-electron chi connectivity index (χ1n) is 6.37. The van der Waals surface area contributed by atoms with Crippen molar-refractivity contribution in [1.82, 2.24) is 15.0 Å². The summed E-state index contributed by atoms with van der Waals surface area (Å²) in [5.41, 5.74) is 1.05. The van der Waals surface area contributed by atoms with Crippen molar-refractivity contribution in [2.45, 2.75) is 32.9 Å². The summed E-state index contributed by atoms with van der Waals surface area (Å²) in [6.07, 6.45) is 0.765. The first-order chi connectivity index (χ1) is 9.10. The largest absolute Gasteiger partial charge is 0.338 e. The fourth-order valence-corrected chi connectivity index (χ4v) is 1.84. The number of aromatic nitrogens is 2. The van der Waals surface area contributed by atoms with Crippen LogP contribution in [0, 0.1) is 5.82 Å². The van der Waals surface area contributed by atoms with Crippen LogP contribution in [-0.2, 0) is 13.0 Å². The molecule has 19 heavy (non-hydrogen) atoms. The molecule has 0 spiro atoms. The third-order valence-electron chi connectivity index (χ3n) is 3.22. The minimum atomic E-state index is -0.219. The Balaban J connectivity index is 2.02. The van der Waals surface area contributed by atoms with Crippen molar-refractivity contribution in [3.63, 3.8) is 0 Å². The van der Waals surface area contributed by atoms with Crippen LogP contribution >= 0.6 is 0 Å². The molecule has 2 aromatic rings. The highest BCUT2D eigenvalue weighted by atomic mass is 19.1. The Morgan fingerprint density at radius 1 is 1.32 bits per heavy atom. The lowest BCUT2D eigenvalue weighted by Crippen LogP contribution is -2.22. The molecule has 5 heteroatoms. The number of nitrogens with zero attached hydrogens (tertiary/aromatic N) is 3. The van der Waals surface area contributed by atoms with Crippen LogP contribution in [0.3, 0.4) is 0 Å². The van der Waals surface area contributed by atoms with Gasteiger partial charge in [-0.1, -0.05) is 24.2 Å². The molecule has 0 bridgehead atoms. The van der Waals surface area contributed by atoms with Crippen molar-refractivity contribution in [2.24, 2.45) is 0 Å². The van der Waals surface area contributed by atoms with E-state index in [1.165, 1.54) is 12.1 Å². The second-order valence-corrected chi connectivity index (χ2v) is 4.60. The summed E-state index contributed by atoms with van der Waals surface area (Å²) in [7, 11) is 1.98. The monoisotopic (exact) mass is 263 g/mol. The van der Waals surface area contributed by atoms with E-state index in [0.717, 1.165) is 17.8 Å². The lowest BCUT2D eigenvalue weighted by atomic mass is 10.1. The van der Waals surface area contributed by atoms with Gasteiger partial charge in [0, 0.05) is 12.5 Å². The molecule has 4 nitrogen and oxygen atoms in total. The van der Waals surface area contributed by atoms with E-state index in [2.05, 4.69) is 22.0 Å². The van der Waals surface area contributed by atoms with Gasteiger partial charge in [0.2, 0.25) is 5.89 Å². The normalized spacial score (nSPS) is 12.9. The number of benzene rings is 1. The summed E-state index contributed by atoms with van der Waals surface area (Å²) < 4.78 is 18.1. The van der Waals surface area contributed by atoms with Crippen molar-refractivity contribution in [3.05, 3.63) is 47.4 Å². The molecule has 0 amide bonds. The van der Waals surface area contributed by atoms with Crippen LogP contribution in [0.4, 0.5) is 4.39 Å². The van der Waals surface area contributed by atoms with Gasteiger partial charge in [-0.15, -0.1) is 0 Å². The molecule has 1 heterocycles. The molecule has 0 saturated heterocycles. The molecule has 1 atom stereocenters. The SMILES string of the molecule is CCc1noc(CN(C)[C@H](C)c2ccc(F)cc2)n1. The third kappa shape index (κ3) is 3.38. The first-order valence-corrected chi connectivity index (χ1v) is 6.37. The molecular formula is C14H18FN3O. The van der Waals surface area contributed by atoms with Crippen molar-refractivity contribution < 1.29 is 8.91 Å². The van der Waals surface area contributed by atoms with Gasteiger partial charge in [-0.05, 0) is 31.7 Å². The number of aryl methyl sites for hydroxylation is 1. The molecular weight excluding hydrogens is 245 g/mol. The second kappa shape index (κ2) is 5.93. The van der Waals surface area contributed by atoms with Crippen molar-refractivity contribution >= 4 is 0 Å². The highest BCUT2D eigenvalue weighted by Gasteiger charge is 2.15. The lowest BCUT2D eigenvalue weighted by molar-refractivity contribution is 0.216. The van der Waals surface area contributed by atoms with Gasteiger partial charge in [-0.25, -0.2) is 4.39 Å². The maximum Gasteiger partial charge on any atom is 0.240 e. The van der Waals surface area contributed by atoms with Gasteiger partial charge < -0.3 is 4.52 Å². The van der Waals surface area contributed by atoms with Crippen molar-refractivity contribution in [2.75, 3.05) is 7.05 Å². The molecule has 1 aromatic carbocycles. The van der Waals surface area contributed by atoms with Crippen LogP contribution in [0.15, 0.2) is 28.8 Å². The van der Waals surface area contributed by atoms with Crippen LogP contribution in [0.1, 0.15) is 37.2 Å². The Morgan fingerprint density at radius 2 is 2.00 bits per heavy atom. The van der Waals surface area contributed by atoms with Gasteiger partial charge in [0.25, 0.3) is 0 Å². The zero-order valence-corrected chi connectivity index (χ0v) is 11.4. The summed E-state index contributed by atoms with van der Waals surface area (Å²) in [6.45, 7) is 4.62. The topological polar surface area (TPSA) is 42.2 Å². The molecule has 0 aliphatic carbocycles. The lowest BCUT2D eigenvalue weighted by Gasteiger charge is -2.23. The van der Waals surface area contributed by atoms with Gasteiger partial charge in [0.15, 0.2) is 5.82 Å². The molecule has 0 radical (unpaired) electrons. The van der Waals surface area contributed by atoms with Gasteiger partial charge in [-0.3, -0.25) is 4.90 Å². The van der Waals surface area contributed by atoms with Crippen molar-refractivity contribution in [3.8, 4) is 0 Å². The average Bonchev–Trinajstić information content (AvgIpc) is 2.86. The van der Waals surface area contributed by atoms with Gasteiger partial charge in [0.1, 0.15) is 5.82 Å². The predicted molar refractivity (Wildman–Crippen MR) is 70.0 cm³/mol. The molecule has 0 saturated carbocycles. The minimum Gasteiger partial charge on any atom is -0.338 e. The van der Waals surface area contributed by atoms with Crippen LogP contribution in [0.25, 0.3) is 0 Å². The smallest absolute Gasteiger partial charge is 0.240 e. The van der Waals surface area contributed by atoms with Crippen molar-refractivity contribution in [1.29, 1.82) is 0 Å². The second-order valence-electron chi connectivity index (χ2n) is 4.60. The van der Waals surface area contributed by atoms with Crippen LogP contribution in [0.5, 0.6) is 0 Å². The van der Waals surface area contributed by atoms with Crippen LogP contribution < -0.4 is 0 Å². The molecule has 102 valence electrons. The van der Waals surface area contributed by atoms with E-state index in [4.69, 9.17) is 4.52 Å². The summed E-state index contributed by atoms with van der Waals surface area (Å²) in [5, 5.41) is 3.87. The maximum atomic E-state index is 12.9. The number of rotatable bonds is 5. The number of hydrogen-bond donors (Lipinski definition) is 0. The minimum absolute atomic E-state index is 0.151. The van der Waals surface area contributed by atoms with E-state index in [1.807, 2.05) is 14.0 Å². The van der Waals surface area contributed by atoms with E-state index < -0.39 is 0 Å². The summed E-state index contributed by atoms with van der Waals surface area (Å²) >= 11 is 0. The summed E-state index contributed by atoms with van der Waals surface area (Å²) in [4.78, 5) is 6.36. The molecule has 0 aliphatic rings. The zero-order chi connectivity index (χ0) is 13.8. The summed E-state index contributed by atoms with van der Waals surface area (Å²) in [6, 6.07) is 6.68. The molecule has 0 N–H and O–H groups in total. The van der Waals surface area contributed by atoms with E-state index in [1.54, 1.807) is 12.1 Å². The Bertz CT molecular complexity index is 524. The van der Waals surface area contributed by atoms with Crippen LogP contribution in [0.2, 0.25) is 0 Å². The zero-order valence-electron chi connectivity index (χ0n) is 11.4. The Labute approximate surface area is 112 Å². The van der Waals surface area contributed by atoms with Gasteiger partial charge in [0.05, 0.1) is 6.54 Å². The average molecular weight is 263 g/mol. The van der Waals surface area contributed by atoms with E-state index in [9.17, 15) is 4.39 Å². The first kappa shape index (κ1) is 13.7. The number of hydrogen-bond acceptors (Lipinski definition) is 4. The highest BCUT2D eigenvalue weighted by molar-refractivity contribution is 5.19. The molecule has 1 aromatic heterocycles. The molecule has 0 aliphatic heterocycles. The molecule has 0 fully saturated rings. The molecule has 0 unspecified atom stereocenters. The Morgan fingerprint density at radius 3 is 2.58 bits per heavy atom. The van der Waals surface area contributed by atoms with E-state index >= 15 is 0 Å². The number of halogens is 1. The van der Waals surface area contributed by atoms with Gasteiger partial charge in [-0.2, -0.15) is 4.98 Å². The fraction of sp³-hybridized carbons (Fsp3) is 0.429. The molecule has 2 rings (SSSR count). The predicted octanol–water partition coefficient (Wildman–Crippen LogP) is 2.96. The maximum absolute atomic E-state index is 12.9. The quantitative estimate of drug-likeness (QED) is 0.831. The Kier molecular flexibility index (Phi) is 4.27. The third-order valence-corrected chi connectivity index (χ3v) is 3.22. The van der Waals surface area contributed by atoms with E-state index in [0.29, 0.717) is 12.4 Å². The Hall–Kier alpha value is -1.75. The highest BCUT2D eigenvalue weighted by Crippen LogP contribution is 2.20. The summed E-state index contributed by atoms with van der Waals surface area (Å²) in [5.74, 6) is 1.11. The fourth-order valence-electron chi connectivity index (χ4n) is 1.84. The standard InChI is InChI=1S/C14H18FN3O/c1-4-13-16-14(19-17-13)9-18(3)10(2)11-5-7-12(15)8-6-11/h5-8,10H,4,9H2,1-3H3/t10-/m1/s1.